The lowest BCUT2D eigenvalue weighted by molar-refractivity contribution is -0.389. The summed E-state index contributed by atoms with van der Waals surface area (Å²) in [5.74, 6) is -1.36. The van der Waals surface area contributed by atoms with Crippen molar-refractivity contribution < 1.29 is 85.6 Å². The lowest BCUT2D eigenvalue weighted by Gasteiger charge is -2.53. The lowest BCUT2D eigenvalue weighted by atomic mass is 9.79. The summed E-state index contributed by atoms with van der Waals surface area (Å²) in [6, 6.07) is 49.3. The zero-order valence-electron chi connectivity index (χ0n) is 64.8. The van der Waals surface area contributed by atoms with E-state index in [1.165, 1.54) is 0 Å². The Bertz CT molecular complexity index is 3420. The van der Waals surface area contributed by atoms with Gasteiger partial charge in [0.25, 0.3) is 0 Å². The maximum atomic E-state index is 11.6. The fourth-order valence-electron chi connectivity index (χ4n) is 16.2. The number of hydrogen-bond acceptors (Lipinski definition) is 19. The second kappa shape index (κ2) is 40.6. The molecule has 1 N–H and O–H groups in total. The summed E-state index contributed by atoms with van der Waals surface area (Å²) in [5.41, 5.74) is 15.8. The van der Waals surface area contributed by atoms with Crippen LogP contribution in [0.4, 0.5) is 0 Å². The first-order valence-electron chi connectivity index (χ1n) is 39.2. The molecule has 6 aliphatic rings. The molecule has 107 heavy (non-hydrogen) atoms. The van der Waals surface area contributed by atoms with Gasteiger partial charge in [0.05, 0.1) is 115 Å². The highest BCUT2D eigenvalue weighted by molar-refractivity contribution is 5.17. The van der Waals surface area contributed by atoms with Crippen molar-refractivity contribution in [2.45, 2.75) is 252 Å². The summed E-state index contributed by atoms with van der Waals surface area (Å²) in [4.78, 5) is 3.48. The van der Waals surface area contributed by atoms with Crippen LogP contribution in [0.15, 0.2) is 169 Å². The third kappa shape index (κ3) is 21.0. The van der Waals surface area contributed by atoms with Gasteiger partial charge in [0.15, 0.2) is 37.7 Å². The van der Waals surface area contributed by atoms with Gasteiger partial charge in [-0.15, -0.1) is 6.58 Å². The molecule has 0 amide bonds. The van der Waals surface area contributed by atoms with Crippen LogP contribution in [0.3, 0.4) is 0 Å². The third-order valence-electron chi connectivity index (χ3n) is 23.7. The van der Waals surface area contributed by atoms with Crippen LogP contribution in [0, 0.1) is 59.2 Å². The summed E-state index contributed by atoms with van der Waals surface area (Å²) >= 11 is 0. The zero-order valence-corrected chi connectivity index (χ0v) is 64.8. The Balaban J connectivity index is 0.887. The van der Waals surface area contributed by atoms with Gasteiger partial charge in [-0.2, -0.15) is 0 Å². The highest BCUT2D eigenvalue weighted by atomic mass is 16.8. The van der Waals surface area contributed by atoms with Gasteiger partial charge in [0.2, 0.25) is 0 Å². The molecule has 0 aliphatic carbocycles. The average Bonchev–Trinajstić information content (AvgIpc) is 0.769. The molecular formula is C86H119N3O18. The van der Waals surface area contributed by atoms with Crippen LogP contribution >= 0.6 is 0 Å². The minimum Gasteiger partial charge on any atom is -0.394 e. The predicted molar refractivity (Wildman–Crippen MR) is 403 cm³/mol. The maximum Gasteiger partial charge on any atom is 0.185 e. The summed E-state index contributed by atoms with van der Waals surface area (Å²) in [7, 11) is 0. The molecule has 6 fully saturated rings. The molecule has 0 radical (unpaired) electrons. The molecular weight excluding hydrogens is 1360 g/mol. The molecule has 6 heterocycles. The van der Waals surface area contributed by atoms with E-state index in [-0.39, 0.29) is 86.0 Å². The topological polar surface area (TPSA) is 226 Å². The smallest absolute Gasteiger partial charge is 0.185 e. The first kappa shape index (κ1) is 82.4. The summed E-state index contributed by atoms with van der Waals surface area (Å²) in [6.07, 6.45) is -11.4. The number of nitrogens with zero attached hydrogens (tertiary/aromatic N) is 3. The Morgan fingerprint density at radius 3 is 1.22 bits per heavy atom. The first-order chi connectivity index (χ1) is 52.0. The van der Waals surface area contributed by atoms with Gasteiger partial charge in [0, 0.05) is 22.7 Å². The maximum absolute atomic E-state index is 11.6. The highest BCUT2D eigenvalue weighted by Gasteiger charge is 2.57. The van der Waals surface area contributed by atoms with Crippen molar-refractivity contribution in [1.82, 2.24) is 0 Å². The van der Waals surface area contributed by atoms with E-state index in [2.05, 4.69) is 91.1 Å². The van der Waals surface area contributed by atoms with Gasteiger partial charge < -0.3 is 85.6 Å². The number of benzene rings is 5. The fourth-order valence-corrected chi connectivity index (χ4v) is 16.2. The van der Waals surface area contributed by atoms with Crippen molar-refractivity contribution >= 4 is 0 Å². The Morgan fingerprint density at radius 2 is 0.729 bits per heavy atom. The Hall–Kier alpha value is -5.57. The highest BCUT2D eigenvalue weighted by Crippen LogP contribution is 2.46. The van der Waals surface area contributed by atoms with Crippen molar-refractivity contribution in [3.63, 3.8) is 0 Å². The molecule has 0 bridgehead atoms. The molecule has 6 aliphatic heterocycles. The monoisotopic (exact) mass is 1480 g/mol. The van der Waals surface area contributed by atoms with Gasteiger partial charge in [-0.3, -0.25) is 0 Å². The average molecular weight is 1480 g/mol. The van der Waals surface area contributed by atoms with Gasteiger partial charge in [-0.1, -0.05) is 246 Å². The Morgan fingerprint density at radius 1 is 0.355 bits per heavy atom. The van der Waals surface area contributed by atoms with Crippen molar-refractivity contribution in [2.75, 3.05) is 33.0 Å². The van der Waals surface area contributed by atoms with Crippen molar-refractivity contribution in [3.05, 3.63) is 203 Å². The summed E-state index contributed by atoms with van der Waals surface area (Å²) < 4.78 is 119. The molecule has 30 atom stereocenters. The van der Waals surface area contributed by atoms with E-state index in [4.69, 9.17) is 80.5 Å². The summed E-state index contributed by atoms with van der Waals surface area (Å²) in [5, 5.41) is 16.1. The second-order valence-corrected chi connectivity index (χ2v) is 30.7. The van der Waals surface area contributed by atoms with Crippen LogP contribution in [-0.4, -0.2) is 161 Å². The number of azide groups is 1. The van der Waals surface area contributed by atoms with Crippen molar-refractivity contribution in [3.8, 4) is 0 Å². The van der Waals surface area contributed by atoms with Crippen LogP contribution in [0.1, 0.15) is 124 Å². The van der Waals surface area contributed by atoms with Crippen molar-refractivity contribution in [2.24, 2.45) is 64.3 Å². The SMILES string of the molecule is C=CCO[C@H]1OC(CO)[C@@H](O[C@@H]2OC(COCc3ccccc3)[C@@H](C)[C@H](C)C2O[C@H]2OC(CC)[C@@H](O[C@@H]3OC(COCc4ccccc4)[C@H](O[C@H]4OC(COCc5ccccc5)[C@H](C)[C@H](C)C4C)[C@H](C)C3OCc3ccccc3)[C@H](C)C2N=[N+]=[N-])[C@H](O[C@@H]2OC(CC)[C@@H](C)[C@H](C)C2OCc2ccccc2)C1C. The van der Waals surface area contributed by atoms with E-state index < -0.39 is 129 Å². The molecule has 0 aromatic heterocycles. The minimum atomic E-state index is -1.18. The van der Waals surface area contributed by atoms with Gasteiger partial charge in [0.1, 0.15) is 36.6 Å². The van der Waals surface area contributed by atoms with Crippen LogP contribution < -0.4 is 0 Å². The normalized spacial score (nSPS) is 37.5. The number of rotatable bonds is 35. The van der Waals surface area contributed by atoms with Gasteiger partial charge in [-0.25, -0.2) is 0 Å². The van der Waals surface area contributed by atoms with Crippen LogP contribution in [0.5, 0.6) is 0 Å². The molecule has 12 unspecified atom stereocenters. The third-order valence-corrected chi connectivity index (χ3v) is 23.7. The van der Waals surface area contributed by atoms with Crippen molar-refractivity contribution in [1.29, 1.82) is 0 Å². The van der Waals surface area contributed by atoms with Crippen LogP contribution in [0.2, 0.25) is 0 Å². The summed E-state index contributed by atoms with van der Waals surface area (Å²) in [6.45, 7) is 31.7. The van der Waals surface area contributed by atoms with Crippen LogP contribution in [-0.2, 0) is 114 Å². The minimum absolute atomic E-state index is 0.00380. The molecule has 0 saturated carbocycles. The molecule has 21 nitrogen and oxygen atoms in total. The van der Waals surface area contributed by atoms with E-state index in [0.29, 0.717) is 39.5 Å². The second-order valence-electron chi connectivity index (χ2n) is 30.7. The molecule has 586 valence electrons. The lowest BCUT2D eigenvalue weighted by Crippen LogP contribution is -2.64. The van der Waals surface area contributed by atoms with E-state index in [9.17, 15) is 10.6 Å². The molecule has 5 aromatic rings. The number of hydrogen-bond donors (Lipinski definition) is 1. The number of aliphatic hydroxyl groups excluding tert-OH is 1. The van der Waals surface area contributed by atoms with E-state index in [1.54, 1.807) is 6.08 Å². The van der Waals surface area contributed by atoms with E-state index in [1.807, 2.05) is 160 Å². The molecule has 5 aromatic carbocycles. The molecule has 6 saturated heterocycles. The molecule has 0 spiro atoms. The zero-order chi connectivity index (χ0) is 75.5. The Kier molecular flexibility index (Phi) is 31.2. The van der Waals surface area contributed by atoms with Crippen LogP contribution in [0.25, 0.3) is 10.4 Å². The van der Waals surface area contributed by atoms with E-state index in [0.717, 1.165) is 34.2 Å². The standard InChI is InChI=1S/C86H119N3O18/c1-14-42-94-81-61(13)76(105-84-77(56(8)54(6)67(15-2)97-84)95-47-65-38-28-20-29-39-65)80(69(43-90)99-81)107-86-79(57(9)55(7)71(101-86)50-92-45-63-34-24-18-25-35-63)106-83-73(88-89-87)59(11)74(68(16-3)98-83)104-85-78(96-48-66-40-30-21-31-41-66)60(12)75(72(102-85)51-93-46-64-36-26-19-27-37-64)103-82-58(10)52(4)53(5)70(100-82)49-91-44-62-32-22-17-23-33-62/h14,17-41,52-61,67-86,90H,1,15-16,42-51H2,2-13H3/t52-,53+,54-,55-,56-,57-,58?,59+,60-,61?,67?,68?,69?,70?,71?,72?,73?,74-,75+,76+,77?,78?,79?,80+,81-,82+,83+,84-,85-,86-/m0/s1. The van der Waals surface area contributed by atoms with E-state index >= 15 is 0 Å². The fraction of sp³-hybridized carbons (Fsp3) is 0.628. The first-order valence-corrected chi connectivity index (χ1v) is 39.2. The predicted octanol–water partition coefficient (Wildman–Crippen LogP) is 15.1. The molecule has 11 rings (SSSR count). The largest absolute Gasteiger partial charge is 0.394 e. The quantitative estimate of drug-likeness (QED) is 0.0172. The van der Waals surface area contributed by atoms with Gasteiger partial charge >= 0.3 is 0 Å². The molecule has 21 heteroatoms. The number of aliphatic hydroxyl groups is 1. The number of ether oxygens (including phenoxy) is 17. The Labute approximate surface area is 634 Å². The van der Waals surface area contributed by atoms with Gasteiger partial charge in [-0.05, 0) is 87.6 Å².